The molecule has 186 valence electrons. The maximum Gasteiger partial charge on any atom is 0.416 e. The zero-order valence-electron chi connectivity index (χ0n) is 18.3. The van der Waals surface area contributed by atoms with E-state index in [1.54, 1.807) is 11.1 Å². The van der Waals surface area contributed by atoms with Crippen molar-refractivity contribution in [2.24, 2.45) is 0 Å². The molecule has 2 aromatic rings. The molecule has 1 atom stereocenters. The monoisotopic (exact) mass is 500 g/mol. The Kier molecular flexibility index (Phi) is 6.81. The van der Waals surface area contributed by atoms with Gasteiger partial charge in [0.25, 0.3) is 5.56 Å². The molecule has 3 aliphatic rings. The molecule has 5 rings (SSSR count). The van der Waals surface area contributed by atoms with Crippen LogP contribution < -0.4 is 5.56 Å². The smallest absolute Gasteiger partial charge is 0.338 e. The van der Waals surface area contributed by atoms with Crippen LogP contribution in [0.15, 0.2) is 46.3 Å². The number of nitrogens with one attached hydrogen (secondary N) is 1. The molecule has 34 heavy (non-hydrogen) atoms. The molecule has 2 saturated heterocycles. The molecule has 0 radical (unpaired) electrons. The first-order valence-corrected chi connectivity index (χ1v) is 12.5. The average Bonchev–Trinajstić information content (AvgIpc) is 3.57. The standard InChI is InChI=1S/C15H17F3N2O3S.C7H8N2O.H2/c16-15(17,18)11-3-5-13(6-4-11)24(22,23)19-9-7-14(21)20-8-1-2-12(20)10-19;10-7-4-8-6(3-9-7)5-1-2-5;/h3-6,12H,1-2,7-10H2;3-5H,1-2H2,(H,9,10);1H. The maximum atomic E-state index is 12.7. The van der Waals surface area contributed by atoms with Crippen LogP contribution in [0.25, 0.3) is 0 Å². The van der Waals surface area contributed by atoms with E-state index in [0.717, 1.165) is 42.8 Å². The lowest BCUT2D eigenvalue weighted by Crippen LogP contribution is -2.40. The second-order valence-electron chi connectivity index (χ2n) is 8.63. The molecule has 2 aliphatic heterocycles. The summed E-state index contributed by atoms with van der Waals surface area (Å²) in [5.74, 6) is 0.555. The summed E-state index contributed by atoms with van der Waals surface area (Å²) < 4.78 is 64.5. The molecule has 8 nitrogen and oxygen atoms in total. The first kappa shape index (κ1) is 24.4. The summed E-state index contributed by atoms with van der Waals surface area (Å²) in [5, 5.41) is 0. The summed E-state index contributed by atoms with van der Waals surface area (Å²) in [4.78, 5) is 30.7. The molecule has 3 fully saturated rings. The van der Waals surface area contributed by atoms with Gasteiger partial charge in [-0.15, -0.1) is 0 Å². The number of halogens is 3. The van der Waals surface area contributed by atoms with Gasteiger partial charge in [-0.2, -0.15) is 17.5 Å². The van der Waals surface area contributed by atoms with E-state index in [-0.39, 0.29) is 43.3 Å². The number of carbonyl (C=O) groups is 1. The largest absolute Gasteiger partial charge is 0.416 e. The highest BCUT2D eigenvalue weighted by Crippen LogP contribution is 2.38. The maximum absolute atomic E-state index is 12.7. The number of amides is 1. The van der Waals surface area contributed by atoms with E-state index >= 15 is 0 Å². The Balaban J connectivity index is 0.000000259. The van der Waals surface area contributed by atoms with Crippen LogP contribution in [0, 0.1) is 0 Å². The molecule has 1 aromatic heterocycles. The topological polar surface area (TPSA) is 103 Å². The molecule has 1 aromatic carbocycles. The lowest BCUT2D eigenvalue weighted by atomic mass is 10.2. The first-order valence-electron chi connectivity index (χ1n) is 11.1. The highest BCUT2D eigenvalue weighted by Gasteiger charge is 2.38. The van der Waals surface area contributed by atoms with E-state index in [0.29, 0.717) is 12.5 Å². The lowest BCUT2D eigenvalue weighted by Gasteiger charge is -2.25. The molecule has 1 amide bonds. The van der Waals surface area contributed by atoms with Gasteiger partial charge in [-0.3, -0.25) is 14.6 Å². The minimum absolute atomic E-state index is 0. The van der Waals surface area contributed by atoms with E-state index in [9.17, 15) is 31.2 Å². The number of aromatic amines is 1. The quantitative estimate of drug-likeness (QED) is 0.698. The fourth-order valence-electron chi connectivity index (χ4n) is 4.18. The average molecular weight is 501 g/mol. The predicted molar refractivity (Wildman–Crippen MR) is 119 cm³/mol. The summed E-state index contributed by atoms with van der Waals surface area (Å²) in [5.41, 5.74) is 0.0125. The molecule has 1 unspecified atom stereocenters. The predicted octanol–water partition coefficient (Wildman–Crippen LogP) is 2.98. The van der Waals surface area contributed by atoms with Gasteiger partial charge in [0.2, 0.25) is 15.9 Å². The number of benzene rings is 1. The van der Waals surface area contributed by atoms with Crippen LogP contribution in [0.4, 0.5) is 13.2 Å². The molecule has 1 saturated carbocycles. The van der Waals surface area contributed by atoms with Crippen LogP contribution in [0.2, 0.25) is 0 Å². The number of fused-ring (bicyclic) bond motifs is 1. The number of hydrogen-bond donors (Lipinski definition) is 1. The Bertz CT molecular complexity index is 1180. The van der Waals surface area contributed by atoms with Gasteiger partial charge in [0, 0.05) is 45.6 Å². The fourth-order valence-corrected chi connectivity index (χ4v) is 5.66. The summed E-state index contributed by atoms with van der Waals surface area (Å²) in [6.45, 7) is 0.877. The number of alkyl halides is 3. The van der Waals surface area contributed by atoms with E-state index in [1.807, 2.05) is 0 Å². The third-order valence-electron chi connectivity index (χ3n) is 6.20. The van der Waals surface area contributed by atoms with Gasteiger partial charge in [-0.25, -0.2) is 8.42 Å². The normalized spacial score (nSPS) is 21.4. The number of aromatic nitrogens is 2. The Labute approximate surface area is 196 Å². The van der Waals surface area contributed by atoms with Crippen molar-refractivity contribution >= 4 is 15.9 Å². The van der Waals surface area contributed by atoms with Crippen LogP contribution in [-0.4, -0.2) is 59.2 Å². The highest BCUT2D eigenvalue weighted by molar-refractivity contribution is 7.89. The minimum atomic E-state index is -4.51. The van der Waals surface area contributed by atoms with E-state index in [1.165, 1.54) is 23.3 Å². The van der Waals surface area contributed by atoms with Crippen LogP contribution in [-0.2, 0) is 21.0 Å². The van der Waals surface area contributed by atoms with Gasteiger partial charge in [-0.1, -0.05) is 0 Å². The summed E-state index contributed by atoms with van der Waals surface area (Å²) in [6, 6.07) is 3.31. The van der Waals surface area contributed by atoms with Crippen molar-refractivity contribution in [3.05, 3.63) is 58.3 Å². The van der Waals surface area contributed by atoms with E-state index < -0.39 is 21.8 Å². The Hall–Kier alpha value is -2.73. The lowest BCUT2D eigenvalue weighted by molar-refractivity contribution is -0.137. The number of nitrogens with zero attached hydrogens (tertiary/aromatic N) is 3. The van der Waals surface area contributed by atoms with Crippen molar-refractivity contribution in [2.45, 2.75) is 55.1 Å². The molecular weight excluding hydrogens is 473 g/mol. The second kappa shape index (κ2) is 9.49. The summed E-state index contributed by atoms with van der Waals surface area (Å²) in [7, 11) is -3.92. The molecule has 12 heteroatoms. The Morgan fingerprint density at radius 2 is 1.76 bits per heavy atom. The highest BCUT2D eigenvalue weighted by atomic mass is 32.2. The van der Waals surface area contributed by atoms with Gasteiger partial charge in [-0.05, 0) is 49.9 Å². The van der Waals surface area contributed by atoms with Gasteiger partial charge in [0.1, 0.15) is 0 Å². The minimum Gasteiger partial charge on any atom is -0.338 e. The zero-order chi connectivity index (χ0) is 24.5. The van der Waals surface area contributed by atoms with Gasteiger partial charge >= 0.3 is 6.18 Å². The van der Waals surface area contributed by atoms with E-state index in [4.69, 9.17) is 0 Å². The molecule has 0 bridgehead atoms. The number of sulfonamides is 1. The second-order valence-corrected chi connectivity index (χ2v) is 10.6. The van der Waals surface area contributed by atoms with Crippen molar-refractivity contribution in [3.63, 3.8) is 0 Å². The fraction of sp³-hybridized carbons (Fsp3) is 0.500. The Morgan fingerprint density at radius 3 is 2.35 bits per heavy atom. The van der Waals surface area contributed by atoms with Crippen LogP contribution in [0.3, 0.4) is 0 Å². The van der Waals surface area contributed by atoms with Crippen molar-refractivity contribution in [1.82, 2.24) is 19.2 Å². The molecular formula is C22H27F3N4O4S. The zero-order valence-corrected chi connectivity index (χ0v) is 19.1. The SMILES string of the molecule is O=C1CCN(S(=O)(=O)c2ccc(C(F)(F)F)cc2)CC2CCCN12.O=c1cnc(C2CC2)c[nH]1.[HH]. The first-order chi connectivity index (χ1) is 16.1. The molecule has 1 aliphatic carbocycles. The van der Waals surface area contributed by atoms with Gasteiger partial charge in [0.15, 0.2) is 0 Å². The van der Waals surface area contributed by atoms with Crippen molar-refractivity contribution in [3.8, 4) is 0 Å². The van der Waals surface area contributed by atoms with Crippen molar-refractivity contribution in [1.29, 1.82) is 0 Å². The third kappa shape index (κ3) is 5.49. The number of hydrogen-bond acceptors (Lipinski definition) is 5. The van der Waals surface area contributed by atoms with E-state index in [2.05, 4.69) is 9.97 Å². The number of rotatable bonds is 3. The van der Waals surface area contributed by atoms with Crippen LogP contribution in [0.5, 0.6) is 0 Å². The molecule has 3 heterocycles. The molecule has 1 N–H and O–H groups in total. The van der Waals surface area contributed by atoms with Crippen molar-refractivity contribution < 1.29 is 27.8 Å². The van der Waals surface area contributed by atoms with Gasteiger partial charge < -0.3 is 9.88 Å². The summed E-state index contributed by atoms with van der Waals surface area (Å²) in [6.07, 6.45) is 2.65. The number of H-pyrrole nitrogens is 1. The molecule has 0 spiro atoms. The third-order valence-corrected chi connectivity index (χ3v) is 8.07. The van der Waals surface area contributed by atoms with Crippen molar-refractivity contribution in [2.75, 3.05) is 19.6 Å². The Morgan fingerprint density at radius 1 is 1.06 bits per heavy atom. The summed E-state index contributed by atoms with van der Waals surface area (Å²) >= 11 is 0. The number of carbonyl (C=O) groups excluding carboxylic acids is 1. The van der Waals surface area contributed by atoms with Gasteiger partial charge in [0.05, 0.1) is 22.3 Å². The van der Waals surface area contributed by atoms with Crippen LogP contribution in [0.1, 0.15) is 50.7 Å². The van der Waals surface area contributed by atoms with Crippen LogP contribution >= 0.6 is 0 Å².